The van der Waals surface area contributed by atoms with Crippen LogP contribution in [0.2, 0.25) is 5.02 Å². The summed E-state index contributed by atoms with van der Waals surface area (Å²) in [7, 11) is -2.60. The Kier molecular flexibility index (Phi) is 7.84. The van der Waals surface area contributed by atoms with Crippen molar-refractivity contribution < 1.29 is 18.9 Å². The van der Waals surface area contributed by atoms with E-state index in [9.17, 15) is 14.2 Å². The van der Waals surface area contributed by atoms with Gasteiger partial charge >= 0.3 is 6.09 Å². The molecule has 1 N–H and O–H groups in total. The summed E-state index contributed by atoms with van der Waals surface area (Å²) in [5, 5.41) is 3.51. The Morgan fingerprint density at radius 1 is 1.21 bits per heavy atom. The second-order valence-electron chi connectivity index (χ2n) is 9.57. The van der Waals surface area contributed by atoms with Crippen LogP contribution in [-0.2, 0) is 20.5 Å². The van der Waals surface area contributed by atoms with E-state index < -0.39 is 12.7 Å². The minimum atomic E-state index is -2.60. The van der Waals surface area contributed by atoms with E-state index in [1.807, 2.05) is 32.9 Å². The molecule has 34 heavy (non-hydrogen) atoms. The average molecular weight is 505 g/mol. The van der Waals surface area contributed by atoms with Gasteiger partial charge in [0.25, 0.3) is 0 Å². The highest BCUT2D eigenvalue weighted by Gasteiger charge is 2.25. The second kappa shape index (κ2) is 10.3. The van der Waals surface area contributed by atoms with Crippen LogP contribution in [0.25, 0.3) is 5.57 Å². The number of rotatable bonds is 5. The third-order valence-electron chi connectivity index (χ3n) is 5.00. The average Bonchev–Trinajstić information content (AvgIpc) is 2.74. The zero-order valence-corrected chi connectivity index (χ0v) is 21.7. The Labute approximate surface area is 205 Å². The molecule has 0 radical (unpaired) electrons. The predicted molar refractivity (Wildman–Crippen MR) is 135 cm³/mol. The van der Waals surface area contributed by atoms with E-state index in [1.54, 1.807) is 30.5 Å². The Bertz CT molecular complexity index is 1150. The molecule has 182 valence electrons. The molecule has 3 rings (SSSR count). The number of carbonyl (C=O) groups excluding carboxylic acids is 2. The van der Waals surface area contributed by atoms with Crippen LogP contribution in [0.5, 0.6) is 0 Å². The standard InChI is InChI=1S/C24H30ClN4O4P/c1-24(2,3)33-23(31)29-10-6-7-17(15-29)19-9-8-16(13-26-19)11-22(30)28-21-12-20(34(4,5)32)18(25)14-27-21/h7-9,12-14H,6,10-11,15H2,1-5H3,(H,27,28,30). The van der Waals surface area contributed by atoms with Gasteiger partial charge in [0.15, 0.2) is 0 Å². The highest BCUT2D eigenvalue weighted by Crippen LogP contribution is 2.37. The molecule has 8 nitrogen and oxygen atoms in total. The van der Waals surface area contributed by atoms with Gasteiger partial charge in [-0.2, -0.15) is 0 Å². The van der Waals surface area contributed by atoms with Crippen molar-refractivity contribution in [2.45, 2.75) is 39.2 Å². The Balaban J connectivity index is 1.62. The van der Waals surface area contributed by atoms with Gasteiger partial charge < -0.3 is 19.5 Å². The van der Waals surface area contributed by atoms with Gasteiger partial charge in [-0.1, -0.05) is 23.7 Å². The number of halogens is 1. The number of nitrogens with one attached hydrogen (secondary N) is 1. The summed E-state index contributed by atoms with van der Waals surface area (Å²) in [6, 6.07) is 5.23. The zero-order chi connectivity index (χ0) is 25.1. The number of pyridine rings is 2. The first-order valence-corrected chi connectivity index (χ1v) is 13.9. The summed E-state index contributed by atoms with van der Waals surface area (Å²) in [5.41, 5.74) is 1.87. The Morgan fingerprint density at radius 2 is 1.94 bits per heavy atom. The summed E-state index contributed by atoms with van der Waals surface area (Å²) in [6.07, 6.45) is 5.59. The first-order valence-electron chi connectivity index (χ1n) is 10.9. The fraction of sp³-hybridized carbons (Fsp3) is 0.417. The van der Waals surface area contributed by atoms with Gasteiger partial charge in [0.2, 0.25) is 5.91 Å². The maximum atomic E-state index is 12.5. The van der Waals surface area contributed by atoms with E-state index in [2.05, 4.69) is 21.4 Å². The maximum absolute atomic E-state index is 12.5. The topological polar surface area (TPSA) is 101 Å². The minimum Gasteiger partial charge on any atom is -0.444 e. The lowest BCUT2D eigenvalue weighted by molar-refractivity contribution is -0.115. The Morgan fingerprint density at radius 3 is 2.56 bits per heavy atom. The van der Waals surface area contributed by atoms with E-state index in [0.29, 0.717) is 29.2 Å². The molecule has 1 aliphatic rings. The lowest BCUT2D eigenvalue weighted by Crippen LogP contribution is -2.39. The lowest BCUT2D eigenvalue weighted by atomic mass is 10.0. The van der Waals surface area contributed by atoms with Crippen LogP contribution >= 0.6 is 18.7 Å². The highest BCUT2D eigenvalue weighted by atomic mass is 35.5. The van der Waals surface area contributed by atoms with Crippen molar-refractivity contribution >= 4 is 47.4 Å². The van der Waals surface area contributed by atoms with Crippen molar-refractivity contribution in [2.24, 2.45) is 0 Å². The third-order valence-corrected chi connectivity index (χ3v) is 6.97. The molecule has 0 atom stereocenters. The second-order valence-corrected chi connectivity index (χ2v) is 13.2. The number of aromatic nitrogens is 2. The number of hydrogen-bond acceptors (Lipinski definition) is 6. The molecule has 0 aromatic carbocycles. The molecule has 0 saturated heterocycles. The van der Waals surface area contributed by atoms with Crippen molar-refractivity contribution in [1.82, 2.24) is 14.9 Å². The van der Waals surface area contributed by atoms with Gasteiger partial charge in [-0.15, -0.1) is 0 Å². The summed E-state index contributed by atoms with van der Waals surface area (Å²) >= 11 is 6.09. The molecule has 10 heteroatoms. The highest BCUT2D eigenvalue weighted by molar-refractivity contribution is 7.70. The molecule has 0 aliphatic carbocycles. The Hall–Kier alpha value is -2.70. The van der Waals surface area contributed by atoms with Crippen molar-refractivity contribution in [3.63, 3.8) is 0 Å². The van der Waals surface area contributed by atoms with Gasteiger partial charge in [0, 0.05) is 24.2 Å². The zero-order valence-electron chi connectivity index (χ0n) is 20.1. The van der Waals surface area contributed by atoms with Crippen LogP contribution in [0.3, 0.4) is 0 Å². The van der Waals surface area contributed by atoms with E-state index in [1.165, 1.54) is 6.20 Å². The third kappa shape index (κ3) is 7.15. The normalized spacial score (nSPS) is 14.4. The maximum Gasteiger partial charge on any atom is 0.410 e. The SMILES string of the molecule is CC(C)(C)OC(=O)N1CCC=C(c2ccc(CC(=O)Nc3cc(P(C)(C)=O)c(Cl)cn3)cn2)C1. The predicted octanol–water partition coefficient (Wildman–Crippen LogP) is 4.58. The molecule has 0 unspecified atom stereocenters. The summed E-state index contributed by atoms with van der Waals surface area (Å²) in [6.45, 7) is 9.78. The molecule has 0 fully saturated rings. The largest absolute Gasteiger partial charge is 0.444 e. The monoisotopic (exact) mass is 504 g/mol. The number of nitrogens with zero attached hydrogens (tertiary/aromatic N) is 3. The van der Waals surface area contributed by atoms with Crippen LogP contribution in [-0.4, -0.2) is 58.9 Å². The molecule has 2 amide bonds. The molecule has 0 bridgehead atoms. The van der Waals surface area contributed by atoms with Crippen LogP contribution in [0, 0.1) is 0 Å². The quantitative estimate of drug-likeness (QED) is 0.598. The molecule has 2 aromatic heterocycles. The van der Waals surface area contributed by atoms with Crippen molar-refractivity contribution in [1.29, 1.82) is 0 Å². The fourth-order valence-corrected chi connectivity index (χ4v) is 5.13. The first kappa shape index (κ1) is 25.9. The summed E-state index contributed by atoms with van der Waals surface area (Å²) in [4.78, 5) is 35.2. The number of amides is 2. The number of anilines is 1. The summed E-state index contributed by atoms with van der Waals surface area (Å²) in [5.74, 6) is 0.0258. The molecule has 1 aliphatic heterocycles. The van der Waals surface area contributed by atoms with Crippen LogP contribution in [0.4, 0.5) is 10.6 Å². The molecule has 0 spiro atoms. The van der Waals surface area contributed by atoms with E-state index in [-0.39, 0.29) is 18.4 Å². The van der Waals surface area contributed by atoms with Crippen LogP contribution in [0.15, 0.2) is 36.7 Å². The van der Waals surface area contributed by atoms with E-state index in [0.717, 1.165) is 23.3 Å². The van der Waals surface area contributed by atoms with Crippen molar-refractivity contribution in [3.05, 3.63) is 52.9 Å². The molecule has 3 heterocycles. The minimum absolute atomic E-state index is 0.103. The lowest BCUT2D eigenvalue weighted by Gasteiger charge is -2.30. The molecular weight excluding hydrogens is 475 g/mol. The molecule has 0 saturated carbocycles. The van der Waals surface area contributed by atoms with Crippen LogP contribution < -0.4 is 10.6 Å². The fourth-order valence-electron chi connectivity index (χ4n) is 3.41. The molecular formula is C24H30ClN4O4P. The number of ether oxygens (including phenoxy) is 1. The molecule has 2 aromatic rings. The first-order chi connectivity index (χ1) is 15.8. The summed E-state index contributed by atoms with van der Waals surface area (Å²) < 4.78 is 17.9. The van der Waals surface area contributed by atoms with Crippen molar-refractivity contribution in [2.75, 3.05) is 31.7 Å². The van der Waals surface area contributed by atoms with E-state index >= 15 is 0 Å². The van der Waals surface area contributed by atoms with Crippen molar-refractivity contribution in [3.8, 4) is 0 Å². The van der Waals surface area contributed by atoms with Gasteiger partial charge in [-0.3, -0.25) is 9.78 Å². The van der Waals surface area contributed by atoms with Gasteiger partial charge in [-0.05, 0) is 63.8 Å². The van der Waals surface area contributed by atoms with Gasteiger partial charge in [0.1, 0.15) is 18.6 Å². The van der Waals surface area contributed by atoms with Crippen LogP contribution in [0.1, 0.15) is 38.4 Å². The number of hydrogen-bond donors (Lipinski definition) is 1. The van der Waals surface area contributed by atoms with E-state index in [4.69, 9.17) is 16.3 Å². The number of carbonyl (C=O) groups is 2. The van der Waals surface area contributed by atoms with Gasteiger partial charge in [0.05, 0.1) is 23.7 Å². The smallest absolute Gasteiger partial charge is 0.410 e. The van der Waals surface area contributed by atoms with Gasteiger partial charge in [-0.25, -0.2) is 9.78 Å².